The van der Waals surface area contributed by atoms with Gasteiger partial charge in [0.1, 0.15) is 0 Å². The van der Waals surface area contributed by atoms with Crippen molar-refractivity contribution in [1.29, 1.82) is 0 Å². The summed E-state index contributed by atoms with van der Waals surface area (Å²) in [7, 11) is 0. The number of hydrogen-bond acceptors (Lipinski definition) is 3. The van der Waals surface area contributed by atoms with Crippen LogP contribution in [0.1, 0.15) is 24.5 Å². The van der Waals surface area contributed by atoms with E-state index in [9.17, 15) is 0 Å². The number of rotatable bonds is 7. The summed E-state index contributed by atoms with van der Waals surface area (Å²) in [4.78, 5) is 8.52. The molecule has 0 atom stereocenters. The number of aromatic nitrogens is 1. The second kappa shape index (κ2) is 9.86. The Kier molecular flexibility index (Phi) is 6.99. The van der Waals surface area contributed by atoms with Gasteiger partial charge in [-0.3, -0.25) is 9.98 Å². The number of hydrogen-bond donors (Lipinski definition) is 1. The number of aryl methyl sites for hydroxylation is 1. The maximum atomic E-state index is 6.09. The molecule has 2 aromatic carbocycles. The Morgan fingerprint density at radius 2 is 1.82 bits per heavy atom. The topological polar surface area (TPSA) is 37.3 Å². The van der Waals surface area contributed by atoms with Gasteiger partial charge in [0, 0.05) is 45.8 Å². The summed E-state index contributed by atoms with van der Waals surface area (Å²) in [6, 6.07) is 20.2. The van der Waals surface area contributed by atoms with Gasteiger partial charge in [0.25, 0.3) is 0 Å². The van der Waals surface area contributed by atoms with Gasteiger partial charge >= 0.3 is 0 Å². The van der Waals surface area contributed by atoms with Gasteiger partial charge in [-0.25, -0.2) is 0 Å². The second-order valence-corrected chi connectivity index (χ2v) is 7.06. The van der Waals surface area contributed by atoms with E-state index in [2.05, 4.69) is 53.2 Å². The predicted octanol–water partition coefficient (Wildman–Crippen LogP) is 4.09. The number of benzene rings is 2. The van der Waals surface area contributed by atoms with E-state index >= 15 is 0 Å². The highest BCUT2D eigenvalue weighted by Crippen LogP contribution is 2.11. The molecule has 0 aliphatic heterocycles. The van der Waals surface area contributed by atoms with Crippen molar-refractivity contribution in [3.63, 3.8) is 0 Å². The molecule has 28 heavy (non-hydrogen) atoms. The van der Waals surface area contributed by atoms with Crippen molar-refractivity contribution in [2.45, 2.75) is 26.3 Å². The van der Waals surface area contributed by atoms with Crippen molar-refractivity contribution < 1.29 is 0 Å². The molecule has 0 bridgehead atoms. The van der Waals surface area contributed by atoms with E-state index in [0.29, 0.717) is 6.54 Å². The van der Waals surface area contributed by atoms with Crippen LogP contribution in [0.5, 0.6) is 0 Å². The van der Waals surface area contributed by atoms with Crippen molar-refractivity contribution >= 4 is 29.7 Å². The van der Waals surface area contributed by atoms with E-state index in [1.165, 1.54) is 5.56 Å². The average Bonchev–Trinajstić information content (AvgIpc) is 2.73. The van der Waals surface area contributed by atoms with Crippen molar-refractivity contribution in [3.05, 3.63) is 99.6 Å². The van der Waals surface area contributed by atoms with Crippen LogP contribution in [-0.2, 0) is 13.0 Å². The maximum Gasteiger partial charge on any atom is 0.0478 e. The number of nitrogens with zero attached hydrogens (tertiary/aromatic N) is 2. The Hall–Kier alpha value is -2.91. The second-order valence-electron chi connectivity index (χ2n) is 6.62. The lowest BCUT2D eigenvalue weighted by Crippen LogP contribution is -2.32. The SMILES string of the molecule is C=N/C(CCc1cccnc1)=c1/cccc/c1=C(/C)NCc1cccc(Cl)c1. The molecule has 1 N–H and O–H groups in total. The predicted molar refractivity (Wildman–Crippen MR) is 119 cm³/mol. The number of pyridine rings is 1. The monoisotopic (exact) mass is 389 g/mol. The summed E-state index contributed by atoms with van der Waals surface area (Å²) >= 11 is 6.09. The van der Waals surface area contributed by atoms with Gasteiger partial charge in [-0.2, -0.15) is 0 Å². The quantitative estimate of drug-likeness (QED) is 0.618. The first-order valence-electron chi connectivity index (χ1n) is 9.30. The van der Waals surface area contributed by atoms with E-state index in [1.807, 2.05) is 42.6 Å². The summed E-state index contributed by atoms with van der Waals surface area (Å²) in [6.07, 6.45) is 5.38. The molecular weight excluding hydrogens is 366 g/mol. The van der Waals surface area contributed by atoms with E-state index in [-0.39, 0.29) is 0 Å². The fraction of sp³-hybridized carbons (Fsp3) is 0.167. The molecule has 142 valence electrons. The van der Waals surface area contributed by atoms with Crippen LogP contribution >= 0.6 is 11.6 Å². The number of nitrogens with one attached hydrogen (secondary N) is 1. The zero-order valence-electron chi connectivity index (χ0n) is 16.0. The van der Waals surface area contributed by atoms with Crippen LogP contribution in [0.25, 0.3) is 11.4 Å². The molecule has 0 radical (unpaired) electrons. The molecule has 0 aliphatic rings. The third-order valence-corrected chi connectivity index (χ3v) is 4.89. The van der Waals surface area contributed by atoms with Crippen LogP contribution in [0.15, 0.2) is 78.0 Å². The normalized spacial score (nSPS) is 12.9. The average molecular weight is 390 g/mol. The first kappa shape index (κ1) is 19.8. The first-order chi connectivity index (χ1) is 13.7. The van der Waals surface area contributed by atoms with Crippen LogP contribution in [-0.4, -0.2) is 11.7 Å². The minimum absolute atomic E-state index is 0.716. The third-order valence-electron chi connectivity index (χ3n) is 4.65. The number of aliphatic imine (C=N–C) groups is 1. The largest absolute Gasteiger partial charge is 0.384 e. The molecule has 0 fully saturated rings. The highest BCUT2D eigenvalue weighted by molar-refractivity contribution is 6.30. The number of halogens is 1. The van der Waals surface area contributed by atoms with Crippen LogP contribution in [0.4, 0.5) is 0 Å². The molecular formula is C24H24ClN3. The van der Waals surface area contributed by atoms with Crippen molar-refractivity contribution in [2.24, 2.45) is 4.99 Å². The molecule has 0 spiro atoms. The minimum atomic E-state index is 0.716. The Bertz CT molecular complexity index is 1060. The van der Waals surface area contributed by atoms with Gasteiger partial charge in [-0.1, -0.05) is 54.1 Å². The van der Waals surface area contributed by atoms with Crippen molar-refractivity contribution in [3.8, 4) is 0 Å². The molecule has 1 heterocycles. The summed E-state index contributed by atoms with van der Waals surface area (Å²) in [5.41, 5.74) is 4.43. The lowest BCUT2D eigenvalue weighted by molar-refractivity contribution is 0.875. The lowest BCUT2D eigenvalue weighted by Gasteiger charge is -2.09. The molecule has 0 amide bonds. The summed E-state index contributed by atoms with van der Waals surface area (Å²) in [5, 5.41) is 6.50. The molecule has 0 saturated carbocycles. The Morgan fingerprint density at radius 3 is 2.54 bits per heavy atom. The van der Waals surface area contributed by atoms with Crippen LogP contribution in [0, 0.1) is 0 Å². The zero-order chi connectivity index (χ0) is 19.8. The molecule has 4 heteroatoms. The van der Waals surface area contributed by atoms with Gasteiger partial charge < -0.3 is 5.32 Å². The van der Waals surface area contributed by atoms with E-state index in [0.717, 1.165) is 45.3 Å². The smallest absolute Gasteiger partial charge is 0.0478 e. The maximum absolute atomic E-state index is 6.09. The molecule has 0 unspecified atom stereocenters. The molecule has 3 nitrogen and oxygen atoms in total. The van der Waals surface area contributed by atoms with Gasteiger partial charge in [-0.15, -0.1) is 0 Å². The first-order valence-corrected chi connectivity index (χ1v) is 9.68. The van der Waals surface area contributed by atoms with Gasteiger partial charge in [0.05, 0.1) is 0 Å². The Balaban J connectivity index is 1.89. The fourth-order valence-corrected chi connectivity index (χ4v) is 3.36. The van der Waals surface area contributed by atoms with Crippen LogP contribution in [0.3, 0.4) is 0 Å². The van der Waals surface area contributed by atoms with E-state index in [4.69, 9.17) is 11.6 Å². The molecule has 3 aromatic rings. The Morgan fingerprint density at radius 1 is 1.04 bits per heavy atom. The minimum Gasteiger partial charge on any atom is -0.384 e. The third kappa shape index (κ3) is 5.30. The van der Waals surface area contributed by atoms with Gasteiger partial charge in [0.2, 0.25) is 0 Å². The summed E-state index contributed by atoms with van der Waals surface area (Å²) in [5.74, 6) is 0. The van der Waals surface area contributed by atoms with Gasteiger partial charge in [0.15, 0.2) is 0 Å². The molecule has 1 aromatic heterocycles. The molecule has 3 rings (SSSR count). The lowest BCUT2D eigenvalue weighted by atomic mass is 10.1. The molecule has 0 aliphatic carbocycles. The standard InChI is InChI=1S/C24H24ClN3/c1-18(28-17-20-7-5-9-21(25)15-20)22-10-3-4-11-23(22)24(26-2)13-12-19-8-6-14-27-16-19/h3-11,14-16,28H,2,12-13,17H2,1H3/b22-18+,24-23-. The van der Waals surface area contributed by atoms with Crippen LogP contribution in [0.2, 0.25) is 5.02 Å². The van der Waals surface area contributed by atoms with E-state index < -0.39 is 0 Å². The summed E-state index contributed by atoms with van der Waals surface area (Å²) in [6.45, 7) is 6.61. The van der Waals surface area contributed by atoms with Crippen molar-refractivity contribution in [2.75, 3.05) is 0 Å². The Labute approximate surface area is 171 Å². The fourth-order valence-electron chi connectivity index (χ4n) is 3.15. The zero-order valence-corrected chi connectivity index (χ0v) is 16.8. The summed E-state index contributed by atoms with van der Waals surface area (Å²) < 4.78 is 0. The van der Waals surface area contributed by atoms with Gasteiger partial charge in [-0.05, 0) is 55.8 Å². The molecule has 0 saturated heterocycles. The van der Waals surface area contributed by atoms with Crippen LogP contribution < -0.4 is 15.8 Å². The highest BCUT2D eigenvalue weighted by atomic mass is 35.5. The highest BCUT2D eigenvalue weighted by Gasteiger charge is 2.02. The van der Waals surface area contributed by atoms with Crippen molar-refractivity contribution in [1.82, 2.24) is 10.3 Å². The van der Waals surface area contributed by atoms with E-state index in [1.54, 1.807) is 6.20 Å².